The van der Waals surface area contributed by atoms with Gasteiger partial charge >= 0.3 is 5.97 Å². The number of carbonyl (C=O) groups excluding carboxylic acids is 1. The van der Waals surface area contributed by atoms with Crippen LogP contribution in [0.4, 0.5) is 0 Å². The first-order valence-electron chi connectivity index (χ1n) is 11.3. The Bertz CT molecular complexity index is 851. The van der Waals surface area contributed by atoms with Gasteiger partial charge in [-0.3, -0.25) is 4.79 Å². The van der Waals surface area contributed by atoms with Gasteiger partial charge in [-0.25, -0.2) is 9.78 Å². The lowest BCUT2D eigenvalue weighted by Crippen LogP contribution is -2.29. The van der Waals surface area contributed by atoms with Crippen LogP contribution in [0, 0.1) is 0 Å². The molecule has 1 unspecified atom stereocenters. The maximum Gasteiger partial charge on any atom is 0.355 e. The van der Waals surface area contributed by atoms with Gasteiger partial charge in [-0.1, -0.05) is 75.1 Å². The molecule has 1 atom stereocenters. The molecular formula is C24H32N2O3S2. The van der Waals surface area contributed by atoms with Crippen molar-refractivity contribution in [3.8, 4) is 0 Å². The summed E-state index contributed by atoms with van der Waals surface area (Å²) in [4.78, 5) is 29.5. The standard InChI is InChI=1S/C24H32N2O3S2/c1-2-3-4-5-6-7-8-18-9-11-19(12-10-18)21-13-14-22(27)26(21)15-16-30-24-25-20(17-31-24)23(28)29/h9-12,17,21H,2-8,13-16H2,1H3,(H,28,29). The van der Waals surface area contributed by atoms with Crippen molar-refractivity contribution in [3.05, 3.63) is 46.5 Å². The van der Waals surface area contributed by atoms with Crippen LogP contribution in [-0.2, 0) is 11.2 Å². The smallest absolute Gasteiger partial charge is 0.355 e. The van der Waals surface area contributed by atoms with Crippen LogP contribution in [0.1, 0.15) is 85.9 Å². The molecule has 0 spiro atoms. The van der Waals surface area contributed by atoms with E-state index in [0.29, 0.717) is 18.7 Å². The van der Waals surface area contributed by atoms with Crippen LogP contribution in [-0.4, -0.2) is 39.2 Å². The van der Waals surface area contributed by atoms with Crippen molar-refractivity contribution in [2.24, 2.45) is 0 Å². The summed E-state index contributed by atoms with van der Waals surface area (Å²) in [6.45, 7) is 2.90. The van der Waals surface area contributed by atoms with Gasteiger partial charge < -0.3 is 10.0 Å². The molecule has 1 aromatic heterocycles. The lowest BCUT2D eigenvalue weighted by molar-refractivity contribution is -0.128. The number of unbranched alkanes of at least 4 members (excludes halogenated alkanes) is 5. The minimum Gasteiger partial charge on any atom is -0.476 e. The predicted octanol–water partition coefficient (Wildman–Crippen LogP) is 6.20. The van der Waals surface area contributed by atoms with Crippen molar-refractivity contribution in [2.45, 2.75) is 75.1 Å². The molecule has 1 amide bonds. The summed E-state index contributed by atoms with van der Waals surface area (Å²) in [5.74, 6) is -0.0878. The lowest BCUT2D eigenvalue weighted by Gasteiger charge is -2.25. The number of rotatable bonds is 13. The molecule has 168 valence electrons. The third-order valence-corrected chi connectivity index (χ3v) is 7.77. The number of carboxylic acid groups (broad SMARTS) is 1. The second-order valence-electron chi connectivity index (χ2n) is 8.05. The number of thioether (sulfide) groups is 1. The number of aryl methyl sites for hydroxylation is 1. The molecule has 7 heteroatoms. The molecule has 1 aliphatic rings. The summed E-state index contributed by atoms with van der Waals surface area (Å²) in [6, 6.07) is 8.97. The van der Waals surface area contributed by atoms with Crippen LogP contribution in [0.2, 0.25) is 0 Å². The Labute approximate surface area is 193 Å². The molecule has 0 aliphatic carbocycles. The van der Waals surface area contributed by atoms with Gasteiger partial charge in [0, 0.05) is 24.1 Å². The summed E-state index contributed by atoms with van der Waals surface area (Å²) in [6.07, 6.45) is 10.4. The molecule has 3 rings (SSSR count). The van der Waals surface area contributed by atoms with Crippen LogP contribution in [0.3, 0.4) is 0 Å². The molecule has 5 nitrogen and oxygen atoms in total. The number of hydrogen-bond donors (Lipinski definition) is 1. The predicted molar refractivity (Wildman–Crippen MR) is 127 cm³/mol. The molecule has 1 N–H and O–H groups in total. The maximum absolute atomic E-state index is 12.4. The number of likely N-dealkylation sites (tertiary alicyclic amines) is 1. The fourth-order valence-corrected chi connectivity index (χ4v) is 5.84. The first-order chi connectivity index (χ1) is 15.1. The van der Waals surface area contributed by atoms with Gasteiger partial charge in [-0.15, -0.1) is 11.3 Å². The summed E-state index contributed by atoms with van der Waals surface area (Å²) < 4.78 is 0.736. The molecule has 31 heavy (non-hydrogen) atoms. The van der Waals surface area contributed by atoms with Crippen LogP contribution in [0.5, 0.6) is 0 Å². The SMILES string of the molecule is CCCCCCCCc1ccc(C2CCC(=O)N2CCSc2nc(C(=O)O)cs2)cc1. The third-order valence-electron chi connectivity index (χ3n) is 5.77. The Balaban J connectivity index is 1.47. The van der Waals surface area contributed by atoms with E-state index in [1.54, 1.807) is 5.38 Å². The number of aromatic carboxylic acids is 1. The topological polar surface area (TPSA) is 70.5 Å². The Morgan fingerprint density at radius 3 is 2.65 bits per heavy atom. The quantitative estimate of drug-likeness (QED) is 0.285. The molecule has 0 bridgehead atoms. The van der Waals surface area contributed by atoms with Crippen LogP contribution in [0.25, 0.3) is 0 Å². The van der Waals surface area contributed by atoms with E-state index in [4.69, 9.17) is 5.11 Å². The normalized spacial score (nSPS) is 16.2. The van der Waals surface area contributed by atoms with E-state index in [9.17, 15) is 9.59 Å². The summed E-state index contributed by atoms with van der Waals surface area (Å²) in [5.41, 5.74) is 2.68. The van der Waals surface area contributed by atoms with Crippen molar-refractivity contribution in [1.82, 2.24) is 9.88 Å². The fraction of sp³-hybridized carbons (Fsp3) is 0.542. The van der Waals surface area contributed by atoms with Gasteiger partial charge in [0.15, 0.2) is 10.0 Å². The number of nitrogens with zero attached hydrogens (tertiary/aromatic N) is 2. The van der Waals surface area contributed by atoms with Gasteiger partial charge in [0.25, 0.3) is 0 Å². The van der Waals surface area contributed by atoms with Gasteiger partial charge in [0.05, 0.1) is 6.04 Å². The Hall–Kier alpha value is -1.86. The molecule has 0 radical (unpaired) electrons. The summed E-state index contributed by atoms with van der Waals surface area (Å²) >= 11 is 2.85. The van der Waals surface area contributed by atoms with E-state index in [0.717, 1.165) is 17.2 Å². The number of benzene rings is 1. The number of carboxylic acids is 1. The first-order valence-corrected chi connectivity index (χ1v) is 13.1. The highest BCUT2D eigenvalue weighted by Gasteiger charge is 2.31. The average Bonchev–Trinajstić information content (AvgIpc) is 3.39. The van der Waals surface area contributed by atoms with Crippen molar-refractivity contribution >= 4 is 35.0 Å². The van der Waals surface area contributed by atoms with Crippen molar-refractivity contribution in [3.63, 3.8) is 0 Å². The molecule has 2 aromatic rings. The maximum atomic E-state index is 12.4. The summed E-state index contributed by atoms with van der Waals surface area (Å²) in [7, 11) is 0. The number of hydrogen-bond acceptors (Lipinski definition) is 5. The van der Waals surface area contributed by atoms with Crippen molar-refractivity contribution in [1.29, 1.82) is 0 Å². The first kappa shape index (κ1) is 23.8. The Morgan fingerprint density at radius 1 is 1.19 bits per heavy atom. The largest absolute Gasteiger partial charge is 0.476 e. The van der Waals surface area contributed by atoms with Crippen molar-refractivity contribution in [2.75, 3.05) is 12.3 Å². The van der Waals surface area contributed by atoms with Crippen LogP contribution in [0.15, 0.2) is 34.0 Å². The molecule has 0 saturated carbocycles. The van der Waals surface area contributed by atoms with Gasteiger partial charge in [0.1, 0.15) is 0 Å². The lowest BCUT2D eigenvalue weighted by atomic mass is 10.00. The average molecular weight is 461 g/mol. The Kier molecular flexibility index (Phi) is 9.40. The van der Waals surface area contributed by atoms with E-state index >= 15 is 0 Å². The van der Waals surface area contributed by atoms with E-state index < -0.39 is 5.97 Å². The zero-order valence-corrected chi connectivity index (χ0v) is 19.8. The Morgan fingerprint density at radius 2 is 1.94 bits per heavy atom. The molecule has 1 fully saturated rings. The molecular weight excluding hydrogens is 428 g/mol. The highest BCUT2D eigenvalue weighted by atomic mass is 32.2. The second-order valence-corrected chi connectivity index (χ2v) is 10.3. The zero-order chi connectivity index (χ0) is 22.1. The van der Waals surface area contributed by atoms with Crippen molar-refractivity contribution < 1.29 is 14.7 Å². The van der Waals surface area contributed by atoms with E-state index in [-0.39, 0.29) is 17.6 Å². The number of thiazole rings is 1. The molecule has 1 saturated heterocycles. The van der Waals surface area contributed by atoms with E-state index in [1.807, 2.05) is 4.90 Å². The van der Waals surface area contributed by atoms with E-state index in [2.05, 4.69) is 36.2 Å². The van der Waals surface area contributed by atoms with Gasteiger partial charge in [-0.05, 0) is 30.4 Å². The van der Waals surface area contributed by atoms with Crippen LogP contribution >= 0.6 is 23.1 Å². The zero-order valence-electron chi connectivity index (χ0n) is 18.2. The minimum atomic E-state index is -1.00. The highest BCUT2D eigenvalue weighted by molar-refractivity contribution is 8.01. The minimum absolute atomic E-state index is 0.0867. The number of carbonyl (C=O) groups is 2. The molecule has 2 heterocycles. The number of amides is 1. The molecule has 1 aliphatic heterocycles. The molecule has 1 aromatic carbocycles. The van der Waals surface area contributed by atoms with Gasteiger partial charge in [0.2, 0.25) is 5.91 Å². The van der Waals surface area contributed by atoms with E-state index in [1.165, 1.54) is 72.8 Å². The fourth-order valence-electron chi connectivity index (χ4n) is 4.03. The van der Waals surface area contributed by atoms with Crippen LogP contribution < -0.4 is 0 Å². The van der Waals surface area contributed by atoms with Gasteiger partial charge in [-0.2, -0.15) is 0 Å². The second kappa shape index (κ2) is 12.2. The summed E-state index contributed by atoms with van der Waals surface area (Å²) in [5, 5.41) is 10.5. The highest BCUT2D eigenvalue weighted by Crippen LogP contribution is 2.34. The monoisotopic (exact) mass is 460 g/mol. The number of aromatic nitrogens is 1. The third kappa shape index (κ3) is 7.07.